The van der Waals surface area contributed by atoms with Gasteiger partial charge >= 0.3 is 11.9 Å². The van der Waals surface area contributed by atoms with Gasteiger partial charge in [-0.1, -0.05) is 42.5 Å². The zero-order valence-electron chi connectivity index (χ0n) is 18.0. The van der Waals surface area contributed by atoms with Crippen molar-refractivity contribution in [3.8, 4) is 0 Å². The standard InChI is InChI=1S/C24H26N2O7/c25-23(31)16-8-9-17(10-16)24(32)26-19(12-21(28)29)20(27)13-33-22(30)11-15-6-3-5-14-4-1-2-7-18(14)15/h1-7,16-17,19H,8-13H2,(H2,25,31)(H,26,32)(H,28,29). The van der Waals surface area contributed by atoms with Crippen molar-refractivity contribution in [1.29, 1.82) is 0 Å². The van der Waals surface area contributed by atoms with E-state index in [0.29, 0.717) is 12.8 Å². The number of ketones is 1. The van der Waals surface area contributed by atoms with Gasteiger partial charge in [-0.05, 0) is 35.6 Å². The average molecular weight is 454 g/mol. The van der Waals surface area contributed by atoms with Crippen LogP contribution in [0.5, 0.6) is 0 Å². The van der Waals surface area contributed by atoms with E-state index in [2.05, 4.69) is 5.32 Å². The Kier molecular flexibility index (Phi) is 7.76. The number of esters is 1. The van der Waals surface area contributed by atoms with Gasteiger partial charge < -0.3 is 20.9 Å². The van der Waals surface area contributed by atoms with E-state index in [1.165, 1.54) is 0 Å². The topological polar surface area (TPSA) is 153 Å². The number of aliphatic carboxylic acids is 1. The number of amides is 2. The number of carboxylic acid groups (broad SMARTS) is 1. The lowest BCUT2D eigenvalue weighted by atomic mass is 10.0. The highest BCUT2D eigenvalue weighted by molar-refractivity contribution is 5.95. The van der Waals surface area contributed by atoms with E-state index in [0.717, 1.165) is 16.3 Å². The number of ether oxygens (including phenoxy) is 1. The van der Waals surface area contributed by atoms with E-state index >= 15 is 0 Å². The third-order valence-corrected chi connectivity index (χ3v) is 5.88. The van der Waals surface area contributed by atoms with Crippen LogP contribution in [-0.2, 0) is 35.1 Å². The molecule has 2 aromatic rings. The lowest BCUT2D eigenvalue weighted by Gasteiger charge is -2.18. The molecular formula is C24H26N2O7. The third-order valence-electron chi connectivity index (χ3n) is 5.88. The molecule has 2 amide bonds. The van der Waals surface area contributed by atoms with Gasteiger partial charge in [0.1, 0.15) is 6.04 Å². The quantitative estimate of drug-likeness (QED) is 0.458. The predicted octanol–water partition coefficient (Wildman–Crippen LogP) is 1.36. The second-order valence-corrected chi connectivity index (χ2v) is 8.21. The van der Waals surface area contributed by atoms with Gasteiger partial charge in [-0.25, -0.2) is 0 Å². The van der Waals surface area contributed by atoms with Crippen LogP contribution in [0.4, 0.5) is 0 Å². The number of Topliss-reactive ketones (excluding diaryl/α,β-unsaturated/α-hetero) is 1. The molecule has 9 nitrogen and oxygen atoms in total. The number of carbonyl (C=O) groups excluding carboxylic acids is 4. The average Bonchev–Trinajstić information content (AvgIpc) is 3.28. The van der Waals surface area contributed by atoms with Crippen molar-refractivity contribution in [3.63, 3.8) is 0 Å². The number of hydrogen-bond acceptors (Lipinski definition) is 6. The van der Waals surface area contributed by atoms with Crippen LogP contribution < -0.4 is 11.1 Å². The number of carboxylic acids is 1. The minimum Gasteiger partial charge on any atom is -0.481 e. The van der Waals surface area contributed by atoms with E-state index in [1.54, 1.807) is 6.07 Å². The highest BCUT2D eigenvalue weighted by atomic mass is 16.5. The molecule has 4 N–H and O–H groups in total. The molecule has 0 aliphatic heterocycles. The normalized spacial score (nSPS) is 18.4. The summed E-state index contributed by atoms with van der Waals surface area (Å²) in [6.07, 6.45) is 0.456. The Morgan fingerprint density at radius 1 is 1.03 bits per heavy atom. The van der Waals surface area contributed by atoms with Gasteiger partial charge in [-0.2, -0.15) is 0 Å². The minimum absolute atomic E-state index is 0.0544. The number of hydrogen-bond donors (Lipinski definition) is 3. The van der Waals surface area contributed by atoms with E-state index < -0.39 is 60.4 Å². The minimum atomic E-state index is -1.34. The molecule has 0 heterocycles. The molecule has 1 aliphatic carbocycles. The molecule has 33 heavy (non-hydrogen) atoms. The summed E-state index contributed by atoms with van der Waals surface area (Å²) in [5.41, 5.74) is 6.02. The monoisotopic (exact) mass is 454 g/mol. The smallest absolute Gasteiger partial charge is 0.310 e. The van der Waals surface area contributed by atoms with E-state index in [9.17, 15) is 24.0 Å². The van der Waals surface area contributed by atoms with Crippen LogP contribution in [-0.4, -0.2) is 47.3 Å². The van der Waals surface area contributed by atoms with Gasteiger partial charge in [0, 0.05) is 11.8 Å². The first-order valence-electron chi connectivity index (χ1n) is 10.7. The molecule has 9 heteroatoms. The first kappa shape index (κ1) is 23.9. The SMILES string of the molecule is NC(=O)C1CCC(C(=O)NC(CC(=O)O)C(=O)COC(=O)Cc2cccc3ccccc23)C1. The van der Waals surface area contributed by atoms with Crippen LogP contribution in [0, 0.1) is 11.8 Å². The van der Waals surface area contributed by atoms with Crippen LogP contribution in [0.15, 0.2) is 42.5 Å². The molecule has 0 aromatic heterocycles. The van der Waals surface area contributed by atoms with Crippen molar-refractivity contribution < 1.29 is 33.8 Å². The largest absolute Gasteiger partial charge is 0.481 e. The van der Waals surface area contributed by atoms with Gasteiger partial charge in [-0.15, -0.1) is 0 Å². The Morgan fingerprint density at radius 2 is 1.73 bits per heavy atom. The first-order valence-corrected chi connectivity index (χ1v) is 10.7. The van der Waals surface area contributed by atoms with Crippen molar-refractivity contribution >= 4 is 40.3 Å². The molecule has 0 radical (unpaired) electrons. The summed E-state index contributed by atoms with van der Waals surface area (Å²) in [4.78, 5) is 59.9. The third kappa shape index (κ3) is 6.38. The van der Waals surface area contributed by atoms with Gasteiger partial charge in [0.15, 0.2) is 12.4 Å². The summed E-state index contributed by atoms with van der Waals surface area (Å²) in [6.45, 7) is -0.656. The first-order chi connectivity index (χ1) is 15.7. The van der Waals surface area contributed by atoms with Crippen LogP contribution in [0.1, 0.15) is 31.2 Å². The Hall–Kier alpha value is -3.75. The molecule has 174 valence electrons. The molecule has 2 aromatic carbocycles. The van der Waals surface area contributed by atoms with Crippen LogP contribution >= 0.6 is 0 Å². The van der Waals surface area contributed by atoms with E-state index in [1.807, 2.05) is 36.4 Å². The summed E-state index contributed by atoms with van der Waals surface area (Å²) >= 11 is 0. The number of primary amides is 1. The number of fused-ring (bicyclic) bond motifs is 1. The van der Waals surface area contributed by atoms with Crippen LogP contribution in [0.3, 0.4) is 0 Å². The summed E-state index contributed by atoms with van der Waals surface area (Å²) in [6, 6.07) is 11.7. The van der Waals surface area contributed by atoms with Gasteiger partial charge in [0.2, 0.25) is 11.8 Å². The molecule has 0 saturated heterocycles. The Labute approximate surface area is 190 Å². The number of benzene rings is 2. The zero-order valence-corrected chi connectivity index (χ0v) is 18.0. The highest BCUT2D eigenvalue weighted by Gasteiger charge is 2.35. The Bertz CT molecular complexity index is 1080. The summed E-state index contributed by atoms with van der Waals surface area (Å²) in [5.74, 6) is -4.58. The lowest BCUT2D eigenvalue weighted by molar-refractivity contribution is -0.148. The maximum Gasteiger partial charge on any atom is 0.310 e. The highest BCUT2D eigenvalue weighted by Crippen LogP contribution is 2.30. The summed E-state index contributed by atoms with van der Waals surface area (Å²) in [7, 11) is 0. The number of carbonyl (C=O) groups is 5. The summed E-state index contributed by atoms with van der Waals surface area (Å²) < 4.78 is 5.08. The van der Waals surface area contributed by atoms with E-state index in [4.69, 9.17) is 15.6 Å². The zero-order chi connectivity index (χ0) is 24.0. The molecule has 3 atom stereocenters. The fraction of sp³-hybridized carbons (Fsp3) is 0.375. The molecule has 1 aliphatic rings. The molecular weight excluding hydrogens is 428 g/mol. The molecule has 0 bridgehead atoms. The van der Waals surface area contributed by atoms with Gasteiger partial charge in [0.05, 0.1) is 12.8 Å². The Balaban J connectivity index is 1.57. The van der Waals surface area contributed by atoms with Gasteiger partial charge in [0.25, 0.3) is 0 Å². The second-order valence-electron chi connectivity index (χ2n) is 8.21. The molecule has 1 fully saturated rings. The fourth-order valence-corrected chi connectivity index (χ4v) is 4.09. The van der Waals surface area contributed by atoms with Crippen LogP contribution in [0.25, 0.3) is 10.8 Å². The van der Waals surface area contributed by atoms with Crippen molar-refractivity contribution in [2.75, 3.05) is 6.61 Å². The maximum atomic E-state index is 12.5. The maximum absolute atomic E-state index is 12.5. The number of nitrogens with two attached hydrogens (primary N) is 1. The van der Waals surface area contributed by atoms with Gasteiger partial charge in [-0.3, -0.25) is 24.0 Å². The molecule has 0 spiro atoms. The number of rotatable bonds is 10. The molecule has 3 rings (SSSR count). The fourth-order valence-electron chi connectivity index (χ4n) is 4.09. The predicted molar refractivity (Wildman–Crippen MR) is 118 cm³/mol. The Morgan fingerprint density at radius 3 is 2.42 bits per heavy atom. The second kappa shape index (κ2) is 10.7. The molecule has 1 saturated carbocycles. The van der Waals surface area contributed by atoms with Crippen molar-refractivity contribution in [3.05, 3.63) is 48.0 Å². The van der Waals surface area contributed by atoms with E-state index in [-0.39, 0.29) is 12.8 Å². The van der Waals surface area contributed by atoms with Crippen molar-refractivity contribution in [1.82, 2.24) is 5.32 Å². The summed E-state index contributed by atoms with van der Waals surface area (Å²) in [5, 5.41) is 13.4. The molecule has 3 unspecified atom stereocenters. The number of nitrogens with one attached hydrogen (secondary N) is 1. The van der Waals surface area contributed by atoms with Crippen molar-refractivity contribution in [2.24, 2.45) is 17.6 Å². The van der Waals surface area contributed by atoms with Crippen molar-refractivity contribution in [2.45, 2.75) is 38.1 Å². The van der Waals surface area contributed by atoms with Crippen LogP contribution in [0.2, 0.25) is 0 Å². The lowest BCUT2D eigenvalue weighted by Crippen LogP contribution is -2.46.